The van der Waals surface area contributed by atoms with Crippen LogP contribution in [0.4, 0.5) is 0 Å². The van der Waals surface area contributed by atoms with Crippen LogP contribution in [0, 0.1) is 0 Å². The maximum Gasteiger partial charge on any atom is 0.190 e. The van der Waals surface area contributed by atoms with Crippen LogP contribution >= 0.6 is 0 Å². The van der Waals surface area contributed by atoms with E-state index in [1.54, 1.807) is 32.4 Å². The minimum Gasteiger partial charge on any atom is -0.488 e. The zero-order valence-electron chi connectivity index (χ0n) is 20.0. The smallest absolute Gasteiger partial charge is 0.190 e. The van der Waals surface area contributed by atoms with E-state index in [1.807, 2.05) is 43.3 Å². The van der Waals surface area contributed by atoms with Crippen LogP contribution in [0.5, 0.6) is 23.1 Å². The number of hydrogen-bond donors (Lipinski definition) is 2. The van der Waals surface area contributed by atoms with E-state index < -0.39 is 9.84 Å². The Kier molecular flexibility index (Phi) is 7.18. The van der Waals surface area contributed by atoms with Crippen LogP contribution in [0.25, 0.3) is 22.6 Å². The van der Waals surface area contributed by atoms with Crippen molar-refractivity contribution in [3.05, 3.63) is 66.7 Å². The summed E-state index contributed by atoms with van der Waals surface area (Å²) in [5.41, 5.74) is 3.54. The highest BCUT2D eigenvalue weighted by Gasteiger charge is 2.13. The molecule has 35 heavy (non-hydrogen) atoms. The number of aromatic amines is 2. The minimum absolute atomic E-state index is 0.164. The Morgan fingerprint density at radius 2 is 1.46 bits per heavy atom. The molecule has 0 saturated carbocycles. The lowest BCUT2D eigenvalue weighted by molar-refractivity contribution is 0.0920. The predicted molar refractivity (Wildman–Crippen MR) is 134 cm³/mol. The molecule has 0 aliphatic carbocycles. The van der Waals surface area contributed by atoms with E-state index in [0.29, 0.717) is 29.7 Å². The second-order valence-electron chi connectivity index (χ2n) is 8.15. The highest BCUT2D eigenvalue weighted by Crippen LogP contribution is 2.34. The fourth-order valence-electron chi connectivity index (χ4n) is 3.62. The van der Waals surface area contributed by atoms with Crippen molar-refractivity contribution in [3.63, 3.8) is 0 Å². The van der Waals surface area contributed by atoms with Crippen LogP contribution < -0.4 is 14.2 Å². The molecular formula is C26H28N2O6S. The summed E-state index contributed by atoms with van der Waals surface area (Å²) in [7, 11) is -0.0445. The van der Waals surface area contributed by atoms with Crippen molar-refractivity contribution < 1.29 is 27.4 Å². The van der Waals surface area contributed by atoms with E-state index in [-0.39, 0.29) is 11.0 Å². The third-order valence-electron chi connectivity index (χ3n) is 5.27. The van der Waals surface area contributed by atoms with Gasteiger partial charge in [0.25, 0.3) is 0 Å². The van der Waals surface area contributed by atoms with Gasteiger partial charge in [-0.3, -0.25) is 0 Å². The summed E-state index contributed by atoms with van der Waals surface area (Å²) in [6.07, 6.45) is 1.01. The molecule has 2 N–H and O–H groups in total. The largest absolute Gasteiger partial charge is 0.488 e. The molecule has 2 heterocycles. The van der Waals surface area contributed by atoms with Crippen molar-refractivity contribution in [3.8, 4) is 45.8 Å². The maximum atomic E-state index is 11.7. The van der Waals surface area contributed by atoms with Gasteiger partial charge in [0.15, 0.2) is 15.7 Å². The van der Waals surface area contributed by atoms with Gasteiger partial charge in [0, 0.05) is 36.8 Å². The lowest BCUT2D eigenvalue weighted by Crippen LogP contribution is -2.17. The highest BCUT2D eigenvalue weighted by molar-refractivity contribution is 7.90. The molecule has 0 amide bonds. The molecule has 8 nitrogen and oxygen atoms in total. The highest BCUT2D eigenvalue weighted by atomic mass is 32.2. The van der Waals surface area contributed by atoms with Gasteiger partial charge in [-0.2, -0.15) is 0 Å². The minimum atomic E-state index is -3.28. The summed E-state index contributed by atoms with van der Waals surface area (Å²) in [6.45, 7) is 2.36. The van der Waals surface area contributed by atoms with Gasteiger partial charge in [0.1, 0.15) is 23.4 Å². The van der Waals surface area contributed by atoms with E-state index in [1.165, 1.54) is 18.4 Å². The molecule has 2 aromatic heterocycles. The summed E-state index contributed by atoms with van der Waals surface area (Å²) in [4.78, 5) is 6.84. The van der Waals surface area contributed by atoms with Crippen molar-refractivity contribution in [1.82, 2.24) is 9.97 Å². The van der Waals surface area contributed by atoms with Crippen LogP contribution in [0.3, 0.4) is 0 Å². The van der Waals surface area contributed by atoms with E-state index in [9.17, 15) is 8.42 Å². The van der Waals surface area contributed by atoms with Crippen molar-refractivity contribution in [2.45, 2.75) is 17.9 Å². The van der Waals surface area contributed by atoms with E-state index in [4.69, 9.17) is 18.9 Å². The number of rotatable bonds is 10. The van der Waals surface area contributed by atoms with Gasteiger partial charge in [-0.05, 0) is 61.5 Å². The van der Waals surface area contributed by atoms with E-state index in [0.717, 1.165) is 22.6 Å². The molecule has 0 aliphatic rings. The molecule has 4 aromatic rings. The summed E-state index contributed by atoms with van der Waals surface area (Å²) in [5.74, 6) is 2.35. The molecule has 2 aromatic carbocycles. The number of methoxy groups -OCH3 is 2. The summed E-state index contributed by atoms with van der Waals surface area (Å²) in [6, 6.07) is 19.7. The van der Waals surface area contributed by atoms with E-state index >= 15 is 0 Å². The molecule has 0 spiro atoms. The third kappa shape index (κ3) is 6.06. The molecule has 9 heteroatoms. The average molecular weight is 497 g/mol. The Morgan fingerprint density at radius 3 is 2.11 bits per heavy atom. The standard InChI is InChI=1S/C26H28N2O6S/c1-17(16-31-2)33-20-13-18(23-9-10-24(27-23)25-11-12-26(28-25)32-3)14-21(15-20)34-19-5-7-22(8-6-19)35(4,29)30/h5-15,17,27-28H,16H2,1-4H3/t17-/m0/s1. The number of hydrogen-bond acceptors (Lipinski definition) is 6. The topological polar surface area (TPSA) is 103 Å². The Balaban J connectivity index is 1.65. The van der Waals surface area contributed by atoms with Gasteiger partial charge in [-0.25, -0.2) is 8.42 Å². The zero-order valence-corrected chi connectivity index (χ0v) is 20.8. The van der Waals surface area contributed by atoms with Gasteiger partial charge in [-0.15, -0.1) is 0 Å². The summed E-state index contributed by atoms with van der Waals surface area (Å²) in [5, 5.41) is 0. The molecule has 0 saturated heterocycles. The van der Waals surface area contributed by atoms with Crippen molar-refractivity contribution >= 4 is 9.84 Å². The number of ether oxygens (including phenoxy) is 4. The zero-order chi connectivity index (χ0) is 25.0. The third-order valence-corrected chi connectivity index (χ3v) is 6.40. The summed E-state index contributed by atoms with van der Waals surface area (Å²) < 4.78 is 46.0. The fourth-order valence-corrected chi connectivity index (χ4v) is 4.25. The summed E-state index contributed by atoms with van der Waals surface area (Å²) >= 11 is 0. The van der Waals surface area contributed by atoms with Crippen LogP contribution in [-0.4, -0.2) is 51.6 Å². The Morgan fingerprint density at radius 1 is 0.800 bits per heavy atom. The molecule has 0 unspecified atom stereocenters. The first-order valence-corrected chi connectivity index (χ1v) is 12.9. The number of sulfone groups is 1. The first kappa shape index (κ1) is 24.4. The van der Waals surface area contributed by atoms with Crippen LogP contribution in [0.2, 0.25) is 0 Å². The number of aromatic nitrogens is 2. The number of benzene rings is 2. The molecule has 184 valence electrons. The van der Waals surface area contributed by atoms with Crippen LogP contribution in [-0.2, 0) is 14.6 Å². The van der Waals surface area contributed by atoms with Crippen LogP contribution in [0.1, 0.15) is 6.92 Å². The quantitative estimate of drug-likeness (QED) is 0.309. The van der Waals surface area contributed by atoms with Gasteiger partial charge in [-0.1, -0.05) is 0 Å². The SMILES string of the molecule is COC[C@H](C)Oc1cc(Oc2ccc(S(C)(=O)=O)cc2)cc(-c2ccc(-c3ccc(OC)[nH]3)[nH]2)c1. The second-order valence-corrected chi connectivity index (χ2v) is 10.2. The lowest BCUT2D eigenvalue weighted by Gasteiger charge is -2.16. The molecule has 1 atom stereocenters. The predicted octanol–water partition coefficient (Wildman–Crippen LogP) is 5.29. The Labute approximate surface area is 204 Å². The van der Waals surface area contributed by atoms with Gasteiger partial charge in [0.05, 0.1) is 30.0 Å². The van der Waals surface area contributed by atoms with Crippen LogP contribution in [0.15, 0.2) is 71.6 Å². The Hall–Kier alpha value is -3.69. The lowest BCUT2D eigenvalue weighted by atomic mass is 10.1. The molecular weight excluding hydrogens is 468 g/mol. The molecule has 0 fully saturated rings. The van der Waals surface area contributed by atoms with Gasteiger partial charge in [0.2, 0.25) is 0 Å². The fraction of sp³-hybridized carbons (Fsp3) is 0.231. The number of H-pyrrole nitrogens is 2. The average Bonchev–Trinajstić information content (AvgIpc) is 3.48. The first-order valence-electron chi connectivity index (χ1n) is 11.0. The van der Waals surface area contributed by atoms with Gasteiger partial charge >= 0.3 is 0 Å². The Bertz CT molecular complexity index is 1390. The normalized spacial score (nSPS) is 12.3. The van der Waals surface area contributed by atoms with E-state index in [2.05, 4.69) is 9.97 Å². The van der Waals surface area contributed by atoms with Crippen molar-refractivity contribution in [2.24, 2.45) is 0 Å². The molecule has 0 bridgehead atoms. The molecule has 0 radical (unpaired) electrons. The second kappa shape index (κ2) is 10.3. The first-order chi connectivity index (χ1) is 16.7. The maximum absolute atomic E-state index is 11.7. The van der Waals surface area contributed by atoms with Gasteiger partial charge < -0.3 is 28.9 Å². The number of nitrogens with one attached hydrogen (secondary N) is 2. The van der Waals surface area contributed by atoms with Crippen molar-refractivity contribution in [1.29, 1.82) is 0 Å². The monoisotopic (exact) mass is 496 g/mol. The molecule has 0 aliphatic heterocycles. The molecule has 4 rings (SSSR count). The van der Waals surface area contributed by atoms with Crippen molar-refractivity contribution in [2.75, 3.05) is 27.1 Å².